The highest BCUT2D eigenvalue weighted by Gasteiger charge is 2.27. The van der Waals surface area contributed by atoms with Crippen molar-refractivity contribution in [3.63, 3.8) is 0 Å². The highest BCUT2D eigenvalue weighted by Crippen LogP contribution is 2.36. The number of amides is 1. The quantitative estimate of drug-likeness (QED) is 0.153. The summed E-state index contributed by atoms with van der Waals surface area (Å²) in [5.74, 6) is 0.127. The van der Waals surface area contributed by atoms with Crippen LogP contribution < -0.4 is 5.32 Å². The molecule has 224 valence electrons. The highest BCUT2D eigenvalue weighted by atomic mass is 79.9. The first-order chi connectivity index (χ1) is 21.1. The normalized spacial score (nSPS) is 14.1. The summed E-state index contributed by atoms with van der Waals surface area (Å²) in [4.78, 5) is 34.5. The molecule has 6 rings (SSSR count). The number of nitro groups is 1. The molecule has 1 aliphatic heterocycles. The van der Waals surface area contributed by atoms with Gasteiger partial charge in [-0.05, 0) is 59.1 Å². The zero-order valence-corrected chi connectivity index (χ0v) is 26.1. The molecule has 0 bridgehead atoms. The highest BCUT2D eigenvalue weighted by molar-refractivity contribution is 9.10. The molecule has 44 heavy (non-hydrogen) atoms. The number of para-hydroxylation sites is 1. The van der Waals surface area contributed by atoms with Gasteiger partial charge in [0.1, 0.15) is 0 Å². The van der Waals surface area contributed by atoms with Crippen LogP contribution in [0.15, 0.2) is 94.6 Å². The fourth-order valence-corrected chi connectivity index (χ4v) is 7.36. The van der Waals surface area contributed by atoms with Crippen molar-refractivity contribution in [2.45, 2.75) is 23.8 Å². The zero-order valence-electron chi connectivity index (χ0n) is 22.9. The molecule has 0 spiro atoms. The third kappa shape index (κ3) is 5.65. The average Bonchev–Trinajstić information content (AvgIpc) is 3.43. The minimum absolute atomic E-state index is 0.0310. The van der Waals surface area contributed by atoms with Gasteiger partial charge in [-0.3, -0.25) is 14.9 Å². The molecule has 11 nitrogen and oxygen atoms in total. The fourth-order valence-electron chi connectivity index (χ4n) is 5.25. The van der Waals surface area contributed by atoms with Crippen LogP contribution in [-0.4, -0.2) is 57.2 Å². The number of aromatic nitrogens is 3. The second kappa shape index (κ2) is 12.0. The number of likely N-dealkylation sites (tertiary alicyclic amines) is 1. The first-order valence-corrected chi connectivity index (χ1v) is 16.2. The summed E-state index contributed by atoms with van der Waals surface area (Å²) in [5.41, 5.74) is 1.69. The molecule has 3 heterocycles. The van der Waals surface area contributed by atoms with Gasteiger partial charge in [0.2, 0.25) is 5.95 Å². The van der Waals surface area contributed by atoms with Gasteiger partial charge < -0.3 is 10.2 Å². The number of anilines is 1. The molecule has 1 saturated heterocycles. The molecule has 1 aliphatic rings. The van der Waals surface area contributed by atoms with Crippen molar-refractivity contribution < 1.29 is 18.1 Å². The van der Waals surface area contributed by atoms with Crippen LogP contribution in [0.5, 0.6) is 0 Å². The molecule has 14 heteroatoms. The molecule has 0 radical (unpaired) electrons. The van der Waals surface area contributed by atoms with Crippen LogP contribution in [0.1, 0.15) is 23.2 Å². The minimum Gasteiger partial charge on any atom is -0.351 e. The van der Waals surface area contributed by atoms with E-state index in [1.54, 1.807) is 47.4 Å². The van der Waals surface area contributed by atoms with Crippen molar-refractivity contribution in [1.29, 1.82) is 0 Å². The topological polar surface area (TPSA) is 140 Å². The number of hydrogen-bond acceptors (Lipinski definition) is 8. The Hall–Kier alpha value is -4.33. The maximum absolute atomic E-state index is 13.6. The van der Waals surface area contributed by atoms with Crippen LogP contribution in [0.2, 0.25) is 5.02 Å². The number of piperidine rings is 1. The van der Waals surface area contributed by atoms with E-state index in [0.29, 0.717) is 59.6 Å². The lowest BCUT2D eigenvalue weighted by Gasteiger charge is -2.32. The summed E-state index contributed by atoms with van der Waals surface area (Å²) in [6.07, 6.45) is 4.26. The minimum atomic E-state index is -3.89. The van der Waals surface area contributed by atoms with Gasteiger partial charge in [-0.1, -0.05) is 48.0 Å². The molecule has 1 amide bonds. The van der Waals surface area contributed by atoms with E-state index in [4.69, 9.17) is 11.6 Å². The predicted octanol–water partition coefficient (Wildman–Crippen LogP) is 6.38. The first kappa shape index (κ1) is 29.7. The summed E-state index contributed by atoms with van der Waals surface area (Å²) in [5, 5.41) is 15.4. The van der Waals surface area contributed by atoms with E-state index in [1.165, 1.54) is 34.6 Å². The molecule has 0 atom stereocenters. The Kier molecular flexibility index (Phi) is 8.10. The standard InChI is InChI=1S/C30H24BrClN6O5S/c31-24-16-19(10-11-27(24)38(40)41)29(39)36-14-12-20(13-15-36)34-30-33-17-25(32)28(35-30)23-18-37(26-9-5-4-8-22(23)26)44(42,43)21-6-2-1-3-7-21/h1-11,16-18,20H,12-15H2,(H,33,34,35). The lowest BCUT2D eigenvalue weighted by Crippen LogP contribution is -2.42. The number of carbonyl (C=O) groups is 1. The number of nitrogens with zero attached hydrogens (tertiary/aromatic N) is 5. The Labute approximate surface area is 265 Å². The van der Waals surface area contributed by atoms with Gasteiger partial charge >= 0.3 is 0 Å². The van der Waals surface area contributed by atoms with Crippen molar-refractivity contribution in [1.82, 2.24) is 18.8 Å². The van der Waals surface area contributed by atoms with E-state index < -0.39 is 14.9 Å². The van der Waals surface area contributed by atoms with Crippen molar-refractivity contribution in [3.8, 4) is 11.3 Å². The lowest BCUT2D eigenvalue weighted by molar-refractivity contribution is -0.385. The summed E-state index contributed by atoms with van der Waals surface area (Å²) in [6, 6.07) is 19.6. The van der Waals surface area contributed by atoms with E-state index in [2.05, 4.69) is 31.2 Å². The smallest absolute Gasteiger partial charge is 0.283 e. The van der Waals surface area contributed by atoms with E-state index in [0.717, 1.165) is 0 Å². The van der Waals surface area contributed by atoms with E-state index >= 15 is 0 Å². The molecule has 1 fully saturated rings. The maximum atomic E-state index is 13.6. The van der Waals surface area contributed by atoms with Gasteiger partial charge in [0, 0.05) is 47.9 Å². The Morgan fingerprint density at radius 2 is 1.75 bits per heavy atom. The fraction of sp³-hybridized carbons (Fsp3) is 0.167. The Morgan fingerprint density at radius 1 is 1.05 bits per heavy atom. The van der Waals surface area contributed by atoms with Gasteiger partial charge in [0.15, 0.2) is 0 Å². The Balaban J connectivity index is 1.21. The molecule has 3 aromatic carbocycles. The zero-order chi connectivity index (χ0) is 31.0. The molecule has 0 unspecified atom stereocenters. The summed E-state index contributed by atoms with van der Waals surface area (Å²) in [6.45, 7) is 0.937. The van der Waals surface area contributed by atoms with Crippen molar-refractivity contribution in [2.75, 3.05) is 18.4 Å². The number of nitro benzene ring substituents is 1. The van der Waals surface area contributed by atoms with Gasteiger partial charge in [-0.15, -0.1) is 0 Å². The number of halogens is 2. The molecule has 1 N–H and O–H groups in total. The summed E-state index contributed by atoms with van der Waals surface area (Å²) < 4.78 is 28.6. The monoisotopic (exact) mass is 694 g/mol. The average molecular weight is 696 g/mol. The number of nitrogens with one attached hydrogen (secondary N) is 1. The van der Waals surface area contributed by atoms with Gasteiger partial charge in [-0.25, -0.2) is 22.4 Å². The summed E-state index contributed by atoms with van der Waals surface area (Å²) in [7, 11) is -3.89. The number of rotatable bonds is 7. The van der Waals surface area contributed by atoms with Crippen LogP contribution in [0.3, 0.4) is 0 Å². The van der Waals surface area contributed by atoms with E-state index in [1.807, 2.05) is 12.1 Å². The van der Waals surface area contributed by atoms with Gasteiger partial charge in [-0.2, -0.15) is 0 Å². The van der Waals surface area contributed by atoms with E-state index in [-0.39, 0.29) is 32.0 Å². The third-order valence-electron chi connectivity index (χ3n) is 7.48. The number of fused-ring (bicyclic) bond motifs is 1. The van der Waals surface area contributed by atoms with Crippen LogP contribution in [0.4, 0.5) is 11.6 Å². The van der Waals surface area contributed by atoms with Crippen molar-refractivity contribution in [3.05, 3.63) is 110 Å². The Morgan fingerprint density at radius 3 is 2.45 bits per heavy atom. The molecule has 2 aromatic heterocycles. The third-order valence-corrected chi connectivity index (χ3v) is 10.1. The van der Waals surface area contributed by atoms with Gasteiger partial charge in [0.05, 0.1) is 36.7 Å². The summed E-state index contributed by atoms with van der Waals surface area (Å²) >= 11 is 9.74. The van der Waals surface area contributed by atoms with Crippen molar-refractivity contribution in [2.24, 2.45) is 0 Å². The molecular weight excluding hydrogens is 672 g/mol. The first-order valence-electron chi connectivity index (χ1n) is 13.6. The predicted molar refractivity (Wildman–Crippen MR) is 170 cm³/mol. The molecule has 0 aliphatic carbocycles. The number of carbonyl (C=O) groups excluding carboxylic acids is 1. The van der Waals surface area contributed by atoms with Crippen LogP contribution in [0, 0.1) is 10.1 Å². The number of hydrogen-bond donors (Lipinski definition) is 1. The van der Waals surface area contributed by atoms with Crippen LogP contribution in [-0.2, 0) is 10.0 Å². The lowest BCUT2D eigenvalue weighted by atomic mass is 10.0. The SMILES string of the molecule is O=C(c1ccc([N+](=O)[O-])c(Br)c1)N1CCC(Nc2ncc(Cl)c(-c3cn(S(=O)(=O)c4ccccc4)c4ccccc34)n2)CC1. The number of benzene rings is 3. The van der Waals surface area contributed by atoms with Crippen LogP contribution in [0.25, 0.3) is 22.2 Å². The van der Waals surface area contributed by atoms with E-state index in [9.17, 15) is 23.3 Å². The maximum Gasteiger partial charge on any atom is 0.283 e. The van der Waals surface area contributed by atoms with Gasteiger partial charge in [0.25, 0.3) is 21.6 Å². The second-order valence-electron chi connectivity index (χ2n) is 10.2. The largest absolute Gasteiger partial charge is 0.351 e. The molecule has 0 saturated carbocycles. The van der Waals surface area contributed by atoms with Crippen LogP contribution >= 0.6 is 27.5 Å². The molecular formula is C30H24BrClN6O5S. The van der Waals surface area contributed by atoms with Crippen molar-refractivity contribution >= 4 is 66.0 Å². The second-order valence-corrected chi connectivity index (χ2v) is 13.3. The Bertz CT molecular complexity index is 2010. The molecule has 5 aromatic rings.